The van der Waals surface area contributed by atoms with Gasteiger partial charge in [-0.1, -0.05) is 6.08 Å². The summed E-state index contributed by atoms with van der Waals surface area (Å²) in [5, 5.41) is 0. The van der Waals surface area contributed by atoms with Crippen molar-refractivity contribution in [1.82, 2.24) is 0 Å². The van der Waals surface area contributed by atoms with Gasteiger partial charge in [0.05, 0.1) is 0 Å². The second-order valence-corrected chi connectivity index (χ2v) is 4.84. The Bertz CT molecular complexity index is 232. The van der Waals surface area contributed by atoms with Crippen LogP contribution in [0.1, 0.15) is 33.6 Å². The predicted octanol–water partition coefficient (Wildman–Crippen LogP) is 2.31. The van der Waals surface area contributed by atoms with Gasteiger partial charge in [-0.2, -0.15) is 0 Å². The van der Waals surface area contributed by atoms with Gasteiger partial charge in [0.25, 0.3) is 0 Å². The number of rotatable bonds is 2. The quantitative estimate of drug-likeness (QED) is 0.520. The molecular formula is C12H20O3. The average molecular weight is 212 g/mol. The van der Waals surface area contributed by atoms with Crippen LogP contribution < -0.4 is 0 Å². The van der Waals surface area contributed by atoms with E-state index in [4.69, 9.17) is 9.47 Å². The van der Waals surface area contributed by atoms with Crippen LogP contribution in [0.5, 0.6) is 0 Å². The Morgan fingerprint density at radius 2 is 1.93 bits per heavy atom. The maximum atomic E-state index is 11.4. The van der Waals surface area contributed by atoms with Crippen molar-refractivity contribution in [2.24, 2.45) is 5.92 Å². The van der Waals surface area contributed by atoms with Gasteiger partial charge in [-0.05, 0) is 39.5 Å². The molecule has 0 aromatic carbocycles. The molecule has 1 heterocycles. The predicted molar refractivity (Wildman–Crippen MR) is 58.5 cm³/mol. The molecule has 86 valence electrons. The van der Waals surface area contributed by atoms with Crippen LogP contribution >= 0.6 is 0 Å². The van der Waals surface area contributed by atoms with Crippen molar-refractivity contribution in [3.63, 3.8) is 0 Å². The Balaban J connectivity index is 2.33. The lowest BCUT2D eigenvalue weighted by atomic mass is 10.00. The SMILES string of the molecule is CC(C)(C)OC(=O)C=CC1CCOCC1. The molecule has 0 aromatic rings. The summed E-state index contributed by atoms with van der Waals surface area (Å²) in [7, 11) is 0. The molecule has 0 spiro atoms. The zero-order chi connectivity index (χ0) is 11.3. The highest BCUT2D eigenvalue weighted by Crippen LogP contribution is 2.16. The fraction of sp³-hybridized carbons (Fsp3) is 0.750. The van der Waals surface area contributed by atoms with Crippen molar-refractivity contribution in [2.45, 2.75) is 39.2 Å². The van der Waals surface area contributed by atoms with E-state index in [0.717, 1.165) is 26.1 Å². The molecule has 1 rings (SSSR count). The zero-order valence-electron chi connectivity index (χ0n) is 9.79. The summed E-state index contributed by atoms with van der Waals surface area (Å²) in [5.74, 6) is 0.209. The van der Waals surface area contributed by atoms with E-state index in [0.29, 0.717) is 5.92 Å². The number of carbonyl (C=O) groups excluding carboxylic acids is 1. The van der Waals surface area contributed by atoms with E-state index in [1.165, 1.54) is 0 Å². The fourth-order valence-corrected chi connectivity index (χ4v) is 1.46. The Morgan fingerprint density at radius 1 is 1.33 bits per heavy atom. The smallest absolute Gasteiger partial charge is 0.330 e. The van der Waals surface area contributed by atoms with E-state index in [1.807, 2.05) is 26.8 Å². The van der Waals surface area contributed by atoms with Crippen molar-refractivity contribution in [2.75, 3.05) is 13.2 Å². The molecule has 1 aliphatic heterocycles. The molecule has 0 unspecified atom stereocenters. The van der Waals surface area contributed by atoms with Gasteiger partial charge in [0.2, 0.25) is 0 Å². The minimum atomic E-state index is -0.406. The lowest BCUT2D eigenvalue weighted by molar-refractivity contribution is -0.148. The van der Waals surface area contributed by atoms with Gasteiger partial charge in [0.1, 0.15) is 5.60 Å². The van der Waals surface area contributed by atoms with Crippen LogP contribution in [0.25, 0.3) is 0 Å². The van der Waals surface area contributed by atoms with Crippen LogP contribution in [0.2, 0.25) is 0 Å². The summed E-state index contributed by atoms with van der Waals surface area (Å²) in [5.41, 5.74) is -0.406. The highest BCUT2D eigenvalue weighted by atomic mass is 16.6. The highest BCUT2D eigenvalue weighted by Gasteiger charge is 2.15. The fourth-order valence-electron chi connectivity index (χ4n) is 1.46. The number of ether oxygens (including phenoxy) is 2. The minimum absolute atomic E-state index is 0.256. The van der Waals surface area contributed by atoms with Crippen LogP contribution in [-0.4, -0.2) is 24.8 Å². The Morgan fingerprint density at radius 3 is 2.47 bits per heavy atom. The first-order valence-electron chi connectivity index (χ1n) is 5.46. The van der Waals surface area contributed by atoms with Crippen molar-refractivity contribution < 1.29 is 14.3 Å². The molecule has 0 aromatic heterocycles. The Kier molecular flexibility index (Phi) is 4.33. The zero-order valence-corrected chi connectivity index (χ0v) is 9.79. The molecule has 0 aliphatic carbocycles. The maximum Gasteiger partial charge on any atom is 0.330 e. The first-order valence-corrected chi connectivity index (χ1v) is 5.46. The molecule has 0 saturated carbocycles. The van der Waals surface area contributed by atoms with Crippen LogP contribution in [0.15, 0.2) is 12.2 Å². The van der Waals surface area contributed by atoms with Gasteiger partial charge in [-0.15, -0.1) is 0 Å². The average Bonchev–Trinajstić information content (AvgIpc) is 2.14. The first-order chi connectivity index (χ1) is 6.97. The summed E-state index contributed by atoms with van der Waals surface area (Å²) in [6.45, 7) is 7.19. The molecule has 1 saturated heterocycles. The molecule has 1 fully saturated rings. The second kappa shape index (κ2) is 5.31. The van der Waals surface area contributed by atoms with E-state index in [9.17, 15) is 4.79 Å². The lowest BCUT2D eigenvalue weighted by Crippen LogP contribution is -2.22. The third kappa shape index (κ3) is 5.57. The Hall–Kier alpha value is -0.830. The van der Waals surface area contributed by atoms with Gasteiger partial charge in [0.15, 0.2) is 0 Å². The Labute approximate surface area is 91.4 Å². The molecule has 3 heteroatoms. The van der Waals surface area contributed by atoms with Crippen LogP contribution in [0, 0.1) is 5.92 Å². The molecule has 1 aliphatic rings. The summed E-state index contributed by atoms with van der Waals surface area (Å²) in [6.07, 6.45) is 5.48. The molecule has 3 nitrogen and oxygen atoms in total. The summed E-state index contributed by atoms with van der Waals surface area (Å²) >= 11 is 0. The van der Waals surface area contributed by atoms with Crippen molar-refractivity contribution in [3.05, 3.63) is 12.2 Å². The van der Waals surface area contributed by atoms with Crippen LogP contribution in [-0.2, 0) is 14.3 Å². The topological polar surface area (TPSA) is 35.5 Å². The highest BCUT2D eigenvalue weighted by molar-refractivity contribution is 5.82. The van der Waals surface area contributed by atoms with Gasteiger partial charge in [-0.25, -0.2) is 4.79 Å². The number of carbonyl (C=O) groups is 1. The van der Waals surface area contributed by atoms with Gasteiger partial charge in [-0.3, -0.25) is 0 Å². The van der Waals surface area contributed by atoms with Crippen molar-refractivity contribution >= 4 is 5.97 Å². The summed E-state index contributed by atoms with van der Waals surface area (Å²) in [4.78, 5) is 11.4. The van der Waals surface area contributed by atoms with E-state index < -0.39 is 5.60 Å². The van der Waals surface area contributed by atoms with E-state index in [2.05, 4.69) is 0 Å². The standard InChI is InChI=1S/C12H20O3/c1-12(2,3)15-11(13)5-4-10-6-8-14-9-7-10/h4-5,10H,6-9H2,1-3H3. The maximum absolute atomic E-state index is 11.4. The van der Waals surface area contributed by atoms with E-state index in [1.54, 1.807) is 6.08 Å². The molecular weight excluding hydrogens is 192 g/mol. The molecule has 0 radical (unpaired) electrons. The van der Waals surface area contributed by atoms with Crippen molar-refractivity contribution in [3.8, 4) is 0 Å². The monoisotopic (exact) mass is 212 g/mol. The number of hydrogen-bond donors (Lipinski definition) is 0. The van der Waals surface area contributed by atoms with Gasteiger partial charge >= 0.3 is 5.97 Å². The number of allylic oxidation sites excluding steroid dienone is 1. The second-order valence-electron chi connectivity index (χ2n) is 4.84. The van der Waals surface area contributed by atoms with Crippen LogP contribution in [0.3, 0.4) is 0 Å². The third-order valence-corrected chi connectivity index (χ3v) is 2.18. The first kappa shape index (κ1) is 12.2. The number of hydrogen-bond acceptors (Lipinski definition) is 3. The van der Waals surface area contributed by atoms with Gasteiger partial charge in [0, 0.05) is 19.3 Å². The lowest BCUT2D eigenvalue weighted by Gasteiger charge is -2.20. The molecule has 0 bridgehead atoms. The third-order valence-electron chi connectivity index (χ3n) is 2.18. The normalized spacial score (nSPS) is 19.4. The number of esters is 1. The molecule has 0 atom stereocenters. The molecule has 0 N–H and O–H groups in total. The van der Waals surface area contributed by atoms with Crippen LogP contribution in [0.4, 0.5) is 0 Å². The minimum Gasteiger partial charge on any atom is -0.457 e. The van der Waals surface area contributed by atoms with Crippen molar-refractivity contribution in [1.29, 1.82) is 0 Å². The summed E-state index contributed by atoms with van der Waals surface area (Å²) in [6, 6.07) is 0. The molecule has 15 heavy (non-hydrogen) atoms. The summed E-state index contributed by atoms with van der Waals surface area (Å²) < 4.78 is 10.4. The molecule has 0 amide bonds. The van der Waals surface area contributed by atoms with E-state index in [-0.39, 0.29) is 5.97 Å². The largest absolute Gasteiger partial charge is 0.457 e. The van der Waals surface area contributed by atoms with Gasteiger partial charge < -0.3 is 9.47 Å². The van der Waals surface area contributed by atoms with E-state index >= 15 is 0 Å².